The van der Waals surface area contributed by atoms with Gasteiger partial charge in [-0.3, -0.25) is 9.89 Å². The average molecular weight is 539 g/mol. The van der Waals surface area contributed by atoms with E-state index in [1.54, 1.807) is 0 Å². The van der Waals surface area contributed by atoms with E-state index in [2.05, 4.69) is 48.4 Å². The third-order valence-electron chi connectivity index (χ3n) is 9.29. The van der Waals surface area contributed by atoms with Crippen LogP contribution in [-0.4, -0.2) is 21.1 Å². The second kappa shape index (κ2) is 11.6. The molecule has 0 saturated heterocycles. The number of carbonyl (C=O) groups is 1. The van der Waals surface area contributed by atoms with Gasteiger partial charge in [0.25, 0.3) is 0 Å². The minimum Gasteiger partial charge on any atom is -0.436 e. The summed E-state index contributed by atoms with van der Waals surface area (Å²) in [4.78, 5) is 18.7. The molecule has 0 unspecified atom stereocenters. The zero-order valence-corrected chi connectivity index (χ0v) is 24.1. The van der Waals surface area contributed by atoms with E-state index in [0.29, 0.717) is 23.6 Å². The third-order valence-corrected chi connectivity index (χ3v) is 9.29. The molecule has 210 valence electrons. The molecule has 0 aliphatic heterocycles. The van der Waals surface area contributed by atoms with Gasteiger partial charge in [-0.1, -0.05) is 76.6 Å². The number of oxazole rings is 1. The number of nitrogens with zero attached hydrogens (tertiary/aromatic N) is 2. The highest BCUT2D eigenvalue weighted by Crippen LogP contribution is 2.41. The summed E-state index contributed by atoms with van der Waals surface area (Å²) in [6, 6.07) is 12.3. The van der Waals surface area contributed by atoms with E-state index in [1.165, 1.54) is 64.2 Å². The van der Waals surface area contributed by atoms with E-state index >= 15 is 0 Å². The minimum absolute atomic E-state index is 0.114. The standard InChI is InChI=1S/C34H42N4O2/c1-21(2)27-18-17-22(3)30-32(27)40-34(37-30)28-20-35-38-31(28)25-15-10-16-26(19-25)36-33(39)29(23-11-6-4-7-12-23)24-13-8-5-9-14-24/h10,15-21,23-24,29H,4-9,11-14H2,1-3H3,(H,35,38)(H,36,39). The zero-order chi connectivity index (χ0) is 27.6. The van der Waals surface area contributed by atoms with Crippen LogP contribution in [0.1, 0.15) is 95.1 Å². The average Bonchev–Trinajstić information content (AvgIpc) is 3.63. The molecule has 2 aliphatic rings. The first-order chi connectivity index (χ1) is 19.5. The lowest BCUT2D eigenvalue weighted by atomic mass is 9.69. The van der Waals surface area contributed by atoms with Crippen molar-refractivity contribution in [2.24, 2.45) is 17.8 Å². The molecule has 2 N–H and O–H groups in total. The van der Waals surface area contributed by atoms with Crippen LogP contribution in [0.3, 0.4) is 0 Å². The van der Waals surface area contributed by atoms with Gasteiger partial charge in [0.15, 0.2) is 5.58 Å². The molecule has 2 aromatic heterocycles. The van der Waals surface area contributed by atoms with Crippen LogP contribution in [0.4, 0.5) is 5.69 Å². The Morgan fingerprint density at radius 2 is 1.68 bits per heavy atom. The van der Waals surface area contributed by atoms with Gasteiger partial charge in [0.1, 0.15) is 11.2 Å². The Bertz CT molecular complexity index is 1450. The van der Waals surface area contributed by atoms with Crippen molar-refractivity contribution in [2.75, 3.05) is 5.32 Å². The van der Waals surface area contributed by atoms with Gasteiger partial charge in [0, 0.05) is 23.4 Å². The van der Waals surface area contributed by atoms with Crippen LogP contribution in [0, 0.1) is 24.7 Å². The highest BCUT2D eigenvalue weighted by atomic mass is 16.3. The number of aryl methyl sites for hydroxylation is 1. The highest BCUT2D eigenvalue weighted by Gasteiger charge is 2.36. The van der Waals surface area contributed by atoms with Crippen molar-refractivity contribution in [3.63, 3.8) is 0 Å². The molecule has 6 heteroatoms. The molecule has 2 saturated carbocycles. The SMILES string of the molecule is Cc1ccc(C(C)C)c2oc(-c3c[nH]nc3-c3cccc(NC(=O)C(C4CCCCC4)C4CCCCC4)c3)nc12. The van der Waals surface area contributed by atoms with Crippen molar-refractivity contribution < 1.29 is 9.21 Å². The fourth-order valence-corrected chi connectivity index (χ4v) is 7.16. The number of anilines is 1. The highest BCUT2D eigenvalue weighted by molar-refractivity contribution is 5.94. The molecule has 0 bridgehead atoms. The molecule has 6 rings (SSSR count). The maximum absolute atomic E-state index is 13.9. The van der Waals surface area contributed by atoms with Crippen LogP contribution >= 0.6 is 0 Å². The second-order valence-electron chi connectivity index (χ2n) is 12.4. The Hall–Kier alpha value is -3.41. The summed E-state index contributed by atoms with van der Waals surface area (Å²) < 4.78 is 6.37. The molecular weight excluding hydrogens is 496 g/mol. The number of hydrogen-bond donors (Lipinski definition) is 2. The molecule has 4 aromatic rings. The lowest BCUT2D eigenvalue weighted by molar-refractivity contribution is -0.124. The van der Waals surface area contributed by atoms with Gasteiger partial charge in [-0.2, -0.15) is 5.10 Å². The van der Waals surface area contributed by atoms with Gasteiger partial charge in [-0.15, -0.1) is 0 Å². The summed E-state index contributed by atoms with van der Waals surface area (Å²) in [5, 5.41) is 10.9. The Balaban J connectivity index is 1.28. The van der Waals surface area contributed by atoms with E-state index in [-0.39, 0.29) is 11.8 Å². The van der Waals surface area contributed by atoms with Gasteiger partial charge in [-0.25, -0.2) is 4.98 Å². The molecule has 6 nitrogen and oxygen atoms in total. The Labute approximate surface area is 237 Å². The summed E-state index contributed by atoms with van der Waals surface area (Å²) in [6.45, 7) is 6.40. The summed E-state index contributed by atoms with van der Waals surface area (Å²) in [5.74, 6) is 2.22. The normalized spacial score (nSPS) is 17.2. The van der Waals surface area contributed by atoms with E-state index < -0.39 is 0 Å². The van der Waals surface area contributed by atoms with Crippen LogP contribution in [0.25, 0.3) is 33.8 Å². The molecule has 0 radical (unpaired) electrons. The molecule has 40 heavy (non-hydrogen) atoms. The fraction of sp³-hybridized carbons (Fsp3) is 0.500. The number of hydrogen-bond acceptors (Lipinski definition) is 4. The maximum atomic E-state index is 13.9. The van der Waals surface area contributed by atoms with Crippen molar-refractivity contribution in [3.8, 4) is 22.7 Å². The summed E-state index contributed by atoms with van der Waals surface area (Å²) >= 11 is 0. The van der Waals surface area contributed by atoms with Gasteiger partial charge in [-0.05, 0) is 73.6 Å². The molecule has 2 fully saturated rings. The van der Waals surface area contributed by atoms with Crippen LogP contribution in [0.2, 0.25) is 0 Å². The Morgan fingerprint density at radius 3 is 2.35 bits per heavy atom. The minimum atomic E-state index is 0.114. The summed E-state index contributed by atoms with van der Waals surface area (Å²) in [6.07, 6.45) is 14.2. The lowest BCUT2D eigenvalue weighted by Gasteiger charge is -2.36. The summed E-state index contributed by atoms with van der Waals surface area (Å²) in [7, 11) is 0. The number of H-pyrrole nitrogens is 1. The molecule has 2 aromatic carbocycles. The number of benzene rings is 2. The monoisotopic (exact) mass is 538 g/mol. The first kappa shape index (κ1) is 26.8. The fourth-order valence-electron chi connectivity index (χ4n) is 7.16. The van der Waals surface area contributed by atoms with Crippen LogP contribution in [-0.2, 0) is 4.79 Å². The number of fused-ring (bicyclic) bond motifs is 1. The first-order valence-electron chi connectivity index (χ1n) is 15.3. The van der Waals surface area contributed by atoms with Gasteiger partial charge < -0.3 is 9.73 Å². The molecule has 2 aliphatic carbocycles. The van der Waals surface area contributed by atoms with Crippen molar-refractivity contribution in [3.05, 3.63) is 53.7 Å². The number of aromatic nitrogens is 3. The molecule has 2 heterocycles. The maximum Gasteiger partial charge on any atom is 0.231 e. The zero-order valence-electron chi connectivity index (χ0n) is 24.1. The lowest BCUT2D eigenvalue weighted by Crippen LogP contribution is -2.37. The molecule has 0 atom stereocenters. The first-order valence-corrected chi connectivity index (χ1v) is 15.3. The molecular formula is C34H42N4O2. The number of rotatable bonds is 7. The van der Waals surface area contributed by atoms with E-state index in [1.807, 2.05) is 30.5 Å². The van der Waals surface area contributed by atoms with E-state index in [4.69, 9.17) is 9.40 Å². The van der Waals surface area contributed by atoms with Crippen molar-refractivity contribution in [2.45, 2.75) is 90.9 Å². The van der Waals surface area contributed by atoms with Crippen LogP contribution in [0.5, 0.6) is 0 Å². The molecule has 1 amide bonds. The van der Waals surface area contributed by atoms with Crippen molar-refractivity contribution in [1.29, 1.82) is 0 Å². The van der Waals surface area contributed by atoms with E-state index in [0.717, 1.165) is 44.7 Å². The van der Waals surface area contributed by atoms with Gasteiger partial charge in [0.05, 0.1) is 5.56 Å². The Kier molecular flexibility index (Phi) is 7.77. The van der Waals surface area contributed by atoms with Gasteiger partial charge in [0.2, 0.25) is 11.8 Å². The quantitative estimate of drug-likeness (QED) is 0.246. The topological polar surface area (TPSA) is 83.8 Å². The predicted molar refractivity (Wildman–Crippen MR) is 161 cm³/mol. The number of aromatic amines is 1. The smallest absolute Gasteiger partial charge is 0.231 e. The van der Waals surface area contributed by atoms with Crippen LogP contribution < -0.4 is 5.32 Å². The number of amides is 1. The van der Waals surface area contributed by atoms with Crippen LogP contribution in [0.15, 0.2) is 47.0 Å². The van der Waals surface area contributed by atoms with Crippen molar-refractivity contribution in [1.82, 2.24) is 15.2 Å². The predicted octanol–water partition coefficient (Wildman–Crippen LogP) is 9.03. The summed E-state index contributed by atoms with van der Waals surface area (Å²) in [5.41, 5.74) is 7.31. The van der Waals surface area contributed by atoms with Crippen molar-refractivity contribution >= 4 is 22.7 Å². The molecule has 0 spiro atoms. The number of nitrogens with one attached hydrogen (secondary N) is 2. The Morgan fingerprint density at radius 1 is 0.975 bits per heavy atom. The van der Waals surface area contributed by atoms with Gasteiger partial charge >= 0.3 is 0 Å². The van der Waals surface area contributed by atoms with E-state index in [9.17, 15) is 4.79 Å². The second-order valence-corrected chi connectivity index (χ2v) is 12.4. The number of carbonyl (C=O) groups excluding carboxylic acids is 1. The largest absolute Gasteiger partial charge is 0.436 e. The third kappa shape index (κ3) is 5.33.